The first kappa shape index (κ1) is 15.6. The van der Waals surface area contributed by atoms with Gasteiger partial charge in [-0.3, -0.25) is 4.79 Å². The summed E-state index contributed by atoms with van der Waals surface area (Å²) in [6.07, 6.45) is 0.119. The average molecular weight is 304 g/mol. The first-order chi connectivity index (χ1) is 10.5. The molecule has 0 fully saturated rings. The number of amides is 1. The summed E-state index contributed by atoms with van der Waals surface area (Å²) in [5.74, 6) is 0.351. The topological polar surface area (TPSA) is 73.6 Å². The number of carbonyl (C=O) groups is 1. The van der Waals surface area contributed by atoms with Crippen molar-refractivity contribution in [2.24, 2.45) is 0 Å². The molecule has 0 radical (unpaired) electrons. The van der Waals surface area contributed by atoms with Crippen molar-refractivity contribution >= 4 is 17.3 Å². The molecule has 0 spiro atoms. The summed E-state index contributed by atoms with van der Waals surface area (Å²) in [5.41, 5.74) is 7.39. The van der Waals surface area contributed by atoms with E-state index in [2.05, 4.69) is 5.32 Å². The Bertz CT molecular complexity index is 672. The second-order valence-electron chi connectivity index (χ2n) is 4.65. The van der Waals surface area contributed by atoms with Crippen LogP contribution in [0.15, 0.2) is 36.4 Å². The molecule has 0 aliphatic carbocycles. The molecule has 2 aromatic carbocycles. The molecule has 0 saturated heterocycles. The Labute approximate surface area is 127 Å². The highest BCUT2D eigenvalue weighted by atomic mass is 19.1. The molecular weight excluding hydrogens is 287 g/mol. The lowest BCUT2D eigenvalue weighted by atomic mass is 10.1. The van der Waals surface area contributed by atoms with Crippen molar-refractivity contribution in [2.45, 2.75) is 6.42 Å². The van der Waals surface area contributed by atoms with E-state index in [0.29, 0.717) is 28.4 Å². The predicted molar refractivity (Wildman–Crippen MR) is 82.7 cm³/mol. The summed E-state index contributed by atoms with van der Waals surface area (Å²) < 4.78 is 23.1. The van der Waals surface area contributed by atoms with Crippen LogP contribution in [0.4, 0.5) is 15.8 Å². The minimum atomic E-state index is -0.340. The second-order valence-corrected chi connectivity index (χ2v) is 4.65. The van der Waals surface area contributed by atoms with Crippen LogP contribution >= 0.6 is 0 Å². The number of ether oxygens (including phenoxy) is 2. The maximum Gasteiger partial charge on any atom is 0.228 e. The maximum atomic E-state index is 12.8. The number of hydrogen-bond donors (Lipinski definition) is 2. The molecule has 3 N–H and O–H groups in total. The molecule has 0 aromatic heterocycles. The minimum Gasteiger partial charge on any atom is -0.493 e. The normalized spacial score (nSPS) is 10.1. The number of halogens is 1. The van der Waals surface area contributed by atoms with Gasteiger partial charge in [0.25, 0.3) is 0 Å². The van der Waals surface area contributed by atoms with Crippen molar-refractivity contribution in [3.63, 3.8) is 0 Å². The van der Waals surface area contributed by atoms with Crippen molar-refractivity contribution in [3.8, 4) is 11.5 Å². The van der Waals surface area contributed by atoms with Crippen molar-refractivity contribution in [3.05, 3.63) is 47.8 Å². The smallest absolute Gasteiger partial charge is 0.228 e. The molecule has 6 heteroatoms. The quantitative estimate of drug-likeness (QED) is 0.833. The molecular formula is C16H17FN2O3. The summed E-state index contributed by atoms with van der Waals surface area (Å²) >= 11 is 0. The largest absolute Gasteiger partial charge is 0.493 e. The maximum absolute atomic E-state index is 12.8. The van der Waals surface area contributed by atoms with E-state index in [1.54, 1.807) is 24.3 Å². The van der Waals surface area contributed by atoms with Crippen LogP contribution in [0.2, 0.25) is 0 Å². The van der Waals surface area contributed by atoms with Gasteiger partial charge in [-0.1, -0.05) is 12.1 Å². The van der Waals surface area contributed by atoms with Gasteiger partial charge in [-0.25, -0.2) is 4.39 Å². The van der Waals surface area contributed by atoms with Gasteiger partial charge >= 0.3 is 0 Å². The first-order valence-electron chi connectivity index (χ1n) is 6.59. The zero-order valence-electron chi connectivity index (χ0n) is 12.4. The molecule has 22 heavy (non-hydrogen) atoms. The number of anilines is 2. The van der Waals surface area contributed by atoms with Crippen LogP contribution in [0.1, 0.15) is 5.56 Å². The summed E-state index contributed by atoms with van der Waals surface area (Å²) in [4.78, 5) is 12.0. The number of nitrogen functional groups attached to an aromatic ring is 1. The SMILES string of the molecule is COc1cc(N)c(NC(=O)Cc2ccc(F)cc2)cc1OC. The van der Waals surface area contributed by atoms with Crippen molar-refractivity contribution in [1.29, 1.82) is 0 Å². The fourth-order valence-electron chi connectivity index (χ4n) is 1.99. The van der Waals surface area contributed by atoms with Gasteiger partial charge in [-0.15, -0.1) is 0 Å². The van der Waals surface area contributed by atoms with Crippen LogP contribution in [-0.4, -0.2) is 20.1 Å². The Morgan fingerprint density at radius 1 is 1.14 bits per heavy atom. The highest BCUT2D eigenvalue weighted by molar-refractivity contribution is 5.95. The molecule has 2 aromatic rings. The number of benzene rings is 2. The highest BCUT2D eigenvalue weighted by Gasteiger charge is 2.12. The predicted octanol–water partition coefficient (Wildman–Crippen LogP) is 2.61. The molecule has 0 bridgehead atoms. The summed E-state index contributed by atoms with van der Waals surface area (Å²) in [7, 11) is 3.00. The van der Waals surface area contributed by atoms with E-state index >= 15 is 0 Å². The minimum absolute atomic E-state index is 0.119. The monoisotopic (exact) mass is 304 g/mol. The Hall–Kier alpha value is -2.76. The lowest BCUT2D eigenvalue weighted by Crippen LogP contribution is -2.15. The summed E-state index contributed by atoms with van der Waals surface area (Å²) in [6.45, 7) is 0. The van der Waals surface area contributed by atoms with Crippen LogP contribution < -0.4 is 20.5 Å². The van der Waals surface area contributed by atoms with Gasteiger partial charge in [0, 0.05) is 12.1 Å². The zero-order chi connectivity index (χ0) is 16.1. The summed E-state index contributed by atoms with van der Waals surface area (Å²) in [5, 5.41) is 2.71. The molecule has 1 amide bonds. The molecule has 0 saturated carbocycles. The fourth-order valence-corrected chi connectivity index (χ4v) is 1.99. The molecule has 0 atom stereocenters. The first-order valence-corrected chi connectivity index (χ1v) is 6.59. The average Bonchev–Trinajstić information content (AvgIpc) is 2.51. The van der Waals surface area contributed by atoms with Crippen molar-refractivity contribution in [1.82, 2.24) is 0 Å². The van der Waals surface area contributed by atoms with Gasteiger partial charge in [0.1, 0.15) is 5.82 Å². The van der Waals surface area contributed by atoms with Crippen LogP contribution in [0, 0.1) is 5.82 Å². The molecule has 5 nitrogen and oxygen atoms in total. The Morgan fingerprint density at radius 3 is 2.32 bits per heavy atom. The molecule has 116 valence electrons. The van der Waals surface area contributed by atoms with Crippen LogP contribution in [0.25, 0.3) is 0 Å². The summed E-state index contributed by atoms with van der Waals surface area (Å²) in [6, 6.07) is 8.92. The number of nitrogens with one attached hydrogen (secondary N) is 1. The van der Waals surface area contributed by atoms with Gasteiger partial charge in [-0.05, 0) is 17.7 Å². The highest BCUT2D eigenvalue weighted by Crippen LogP contribution is 2.34. The van der Waals surface area contributed by atoms with E-state index in [1.165, 1.54) is 26.4 Å². The number of hydrogen-bond acceptors (Lipinski definition) is 4. The third-order valence-corrected chi connectivity index (χ3v) is 3.11. The molecule has 0 heterocycles. The Morgan fingerprint density at radius 2 is 1.73 bits per heavy atom. The molecule has 0 unspecified atom stereocenters. The Kier molecular flexibility index (Phi) is 4.83. The third-order valence-electron chi connectivity index (χ3n) is 3.11. The van der Waals surface area contributed by atoms with E-state index in [0.717, 1.165) is 0 Å². The van der Waals surface area contributed by atoms with E-state index < -0.39 is 0 Å². The van der Waals surface area contributed by atoms with Gasteiger partial charge in [0.2, 0.25) is 5.91 Å². The Balaban J connectivity index is 2.12. The number of rotatable bonds is 5. The van der Waals surface area contributed by atoms with Crippen molar-refractivity contribution in [2.75, 3.05) is 25.3 Å². The van der Waals surface area contributed by atoms with Crippen LogP contribution in [-0.2, 0) is 11.2 Å². The zero-order valence-corrected chi connectivity index (χ0v) is 12.4. The van der Waals surface area contributed by atoms with Gasteiger partial charge in [-0.2, -0.15) is 0 Å². The lowest BCUT2D eigenvalue weighted by Gasteiger charge is -2.13. The van der Waals surface area contributed by atoms with Gasteiger partial charge in [0.05, 0.1) is 32.0 Å². The van der Waals surface area contributed by atoms with E-state index in [4.69, 9.17) is 15.2 Å². The number of methoxy groups -OCH3 is 2. The number of nitrogens with two attached hydrogens (primary N) is 1. The van der Waals surface area contributed by atoms with E-state index in [1.807, 2.05) is 0 Å². The van der Waals surface area contributed by atoms with Gasteiger partial charge in [0.15, 0.2) is 11.5 Å². The van der Waals surface area contributed by atoms with Crippen molar-refractivity contribution < 1.29 is 18.7 Å². The molecule has 0 aliphatic rings. The third kappa shape index (κ3) is 3.66. The second kappa shape index (κ2) is 6.80. The molecule has 0 aliphatic heterocycles. The van der Waals surface area contributed by atoms with Crippen LogP contribution in [0.5, 0.6) is 11.5 Å². The standard InChI is InChI=1S/C16H17FN2O3/c1-21-14-8-12(18)13(9-15(14)22-2)19-16(20)7-10-3-5-11(17)6-4-10/h3-6,8-9H,7,18H2,1-2H3,(H,19,20). The van der Waals surface area contributed by atoms with Crippen LogP contribution in [0.3, 0.4) is 0 Å². The number of carbonyl (C=O) groups excluding carboxylic acids is 1. The van der Waals surface area contributed by atoms with Gasteiger partial charge < -0.3 is 20.5 Å². The van der Waals surface area contributed by atoms with E-state index in [9.17, 15) is 9.18 Å². The molecule has 2 rings (SSSR count). The fraction of sp³-hybridized carbons (Fsp3) is 0.188. The van der Waals surface area contributed by atoms with E-state index in [-0.39, 0.29) is 18.1 Å². The lowest BCUT2D eigenvalue weighted by molar-refractivity contribution is -0.115.